The maximum absolute atomic E-state index is 12.9. The number of alkyl halides is 3. The van der Waals surface area contributed by atoms with E-state index in [1.54, 1.807) is 12.1 Å². The lowest BCUT2D eigenvalue weighted by atomic mass is 10.1. The fourth-order valence-corrected chi connectivity index (χ4v) is 3.18. The highest BCUT2D eigenvalue weighted by atomic mass is 19.4. The molecule has 166 valence electrons. The van der Waals surface area contributed by atoms with E-state index in [1.165, 1.54) is 24.3 Å². The molecule has 0 radical (unpaired) electrons. The van der Waals surface area contributed by atoms with Crippen molar-refractivity contribution in [2.75, 3.05) is 22.5 Å². The molecule has 0 atom stereocenters. The molecule has 3 rings (SSSR count). The van der Waals surface area contributed by atoms with Crippen LogP contribution in [0.25, 0.3) is 0 Å². The summed E-state index contributed by atoms with van der Waals surface area (Å²) >= 11 is 0. The van der Waals surface area contributed by atoms with Gasteiger partial charge in [-0.1, -0.05) is 18.2 Å². The minimum Gasteiger partial charge on any atom is -0.376 e. The number of hydrogen-bond donors (Lipinski definition) is 3. The molecule has 3 N–H and O–H groups in total. The molecule has 3 aromatic carbocycles. The van der Waals surface area contributed by atoms with Crippen molar-refractivity contribution in [2.24, 2.45) is 0 Å². The molecule has 0 spiro atoms. The second-order valence-electron chi connectivity index (χ2n) is 7.39. The number of amides is 2. The summed E-state index contributed by atoms with van der Waals surface area (Å²) in [5, 5.41) is 8.19. The first-order chi connectivity index (χ1) is 15.1. The highest BCUT2D eigenvalue weighted by Gasteiger charge is 2.30. The number of nitrogens with one attached hydrogen (secondary N) is 3. The van der Waals surface area contributed by atoms with Crippen LogP contribution in [0.3, 0.4) is 0 Å². The number of carbonyl (C=O) groups excluding carboxylic acids is 2. The summed E-state index contributed by atoms with van der Waals surface area (Å²) in [6.45, 7) is 3.96. The van der Waals surface area contributed by atoms with Gasteiger partial charge in [0.05, 0.1) is 12.1 Å². The van der Waals surface area contributed by atoms with Crippen molar-refractivity contribution >= 4 is 28.9 Å². The third-order valence-corrected chi connectivity index (χ3v) is 4.53. The number of anilines is 3. The molecule has 0 aromatic heterocycles. The summed E-state index contributed by atoms with van der Waals surface area (Å²) in [4.78, 5) is 24.7. The summed E-state index contributed by atoms with van der Waals surface area (Å²) in [6, 6.07) is 16.4. The molecule has 5 nitrogen and oxygen atoms in total. The summed E-state index contributed by atoms with van der Waals surface area (Å²) < 4.78 is 38.6. The van der Waals surface area contributed by atoms with Gasteiger partial charge in [0.25, 0.3) is 5.91 Å². The zero-order valence-electron chi connectivity index (χ0n) is 17.5. The smallest absolute Gasteiger partial charge is 0.376 e. The highest BCUT2D eigenvalue weighted by molar-refractivity contribution is 6.05. The summed E-state index contributed by atoms with van der Waals surface area (Å²) in [7, 11) is 0. The topological polar surface area (TPSA) is 70.2 Å². The van der Waals surface area contributed by atoms with Crippen molar-refractivity contribution in [3.8, 4) is 0 Å². The molecule has 0 aliphatic heterocycles. The van der Waals surface area contributed by atoms with Gasteiger partial charge in [-0.3, -0.25) is 9.59 Å². The third kappa shape index (κ3) is 6.34. The van der Waals surface area contributed by atoms with Crippen molar-refractivity contribution < 1.29 is 22.8 Å². The molecular weight excluding hydrogens is 419 g/mol. The number of benzene rings is 3. The van der Waals surface area contributed by atoms with Gasteiger partial charge in [-0.05, 0) is 73.5 Å². The molecule has 3 aromatic rings. The average Bonchev–Trinajstić information content (AvgIpc) is 2.71. The van der Waals surface area contributed by atoms with E-state index in [2.05, 4.69) is 16.0 Å². The van der Waals surface area contributed by atoms with Crippen molar-refractivity contribution in [2.45, 2.75) is 20.0 Å². The van der Waals surface area contributed by atoms with Gasteiger partial charge in [-0.15, -0.1) is 0 Å². The Hall–Kier alpha value is -3.81. The molecule has 0 aliphatic rings. The minimum absolute atomic E-state index is 0.0249. The Morgan fingerprint density at radius 1 is 0.781 bits per heavy atom. The Bertz CT molecular complexity index is 1120. The second-order valence-corrected chi connectivity index (χ2v) is 7.39. The first kappa shape index (κ1) is 22.9. The Kier molecular flexibility index (Phi) is 6.82. The van der Waals surface area contributed by atoms with E-state index in [1.807, 2.05) is 32.0 Å². The summed E-state index contributed by atoms with van der Waals surface area (Å²) in [6.07, 6.45) is -4.50. The normalized spacial score (nSPS) is 11.0. The molecule has 0 fully saturated rings. The van der Waals surface area contributed by atoms with Gasteiger partial charge >= 0.3 is 6.18 Å². The first-order valence-corrected chi connectivity index (χ1v) is 9.81. The van der Waals surface area contributed by atoms with Crippen LogP contribution in [0, 0.1) is 13.8 Å². The standard InChI is InChI=1S/C24H22F3N3O2/c1-15-9-16(2)11-21(10-15)28-14-22(31)29-19-7-3-5-17(12-19)23(32)30-20-8-4-6-18(13-20)24(25,26)27/h3-13,28H,14H2,1-2H3,(H,29,31)(H,30,32). The van der Waals surface area contributed by atoms with Gasteiger partial charge in [0, 0.05) is 22.6 Å². The van der Waals surface area contributed by atoms with Crippen LogP contribution in [0.5, 0.6) is 0 Å². The Labute approximate surface area is 183 Å². The fraction of sp³-hybridized carbons (Fsp3) is 0.167. The number of rotatable bonds is 6. The van der Waals surface area contributed by atoms with Crippen molar-refractivity contribution in [1.82, 2.24) is 0 Å². The quantitative estimate of drug-likeness (QED) is 0.465. The third-order valence-electron chi connectivity index (χ3n) is 4.53. The maximum atomic E-state index is 12.9. The number of aryl methyl sites for hydroxylation is 2. The second kappa shape index (κ2) is 9.55. The molecule has 0 aliphatic carbocycles. The molecule has 0 saturated heterocycles. The lowest BCUT2D eigenvalue weighted by Gasteiger charge is -2.11. The van der Waals surface area contributed by atoms with Gasteiger partial charge in [0.15, 0.2) is 0 Å². The largest absolute Gasteiger partial charge is 0.416 e. The zero-order valence-corrected chi connectivity index (χ0v) is 17.5. The minimum atomic E-state index is -4.50. The van der Waals surface area contributed by atoms with E-state index in [9.17, 15) is 22.8 Å². The first-order valence-electron chi connectivity index (χ1n) is 9.81. The van der Waals surface area contributed by atoms with Gasteiger partial charge in [0.1, 0.15) is 0 Å². The maximum Gasteiger partial charge on any atom is 0.416 e. The number of carbonyl (C=O) groups is 2. The highest BCUT2D eigenvalue weighted by Crippen LogP contribution is 2.30. The Morgan fingerprint density at radius 3 is 2.06 bits per heavy atom. The average molecular weight is 441 g/mol. The van der Waals surface area contributed by atoms with Crippen LogP contribution >= 0.6 is 0 Å². The van der Waals surface area contributed by atoms with E-state index in [0.29, 0.717) is 5.69 Å². The zero-order chi connectivity index (χ0) is 23.3. The van der Waals surface area contributed by atoms with Crippen LogP contribution in [-0.4, -0.2) is 18.4 Å². The molecule has 0 unspecified atom stereocenters. The molecule has 32 heavy (non-hydrogen) atoms. The van der Waals surface area contributed by atoms with Gasteiger partial charge in [-0.25, -0.2) is 0 Å². The summed E-state index contributed by atoms with van der Waals surface area (Å²) in [5.41, 5.74) is 2.74. The van der Waals surface area contributed by atoms with Crippen LogP contribution in [0.2, 0.25) is 0 Å². The monoisotopic (exact) mass is 441 g/mol. The SMILES string of the molecule is Cc1cc(C)cc(NCC(=O)Nc2cccc(C(=O)Nc3cccc(C(F)(F)F)c3)c2)c1. The van der Waals surface area contributed by atoms with Gasteiger partial charge in [-0.2, -0.15) is 13.2 Å². The molecular formula is C24H22F3N3O2. The van der Waals surface area contributed by atoms with Crippen LogP contribution < -0.4 is 16.0 Å². The van der Waals surface area contributed by atoms with Crippen molar-refractivity contribution in [3.05, 3.63) is 89.0 Å². The predicted molar refractivity (Wildman–Crippen MR) is 119 cm³/mol. The Balaban J connectivity index is 1.62. The van der Waals surface area contributed by atoms with Gasteiger partial charge in [0.2, 0.25) is 5.91 Å². The van der Waals surface area contributed by atoms with E-state index < -0.39 is 17.6 Å². The lowest BCUT2D eigenvalue weighted by molar-refractivity contribution is -0.137. The summed E-state index contributed by atoms with van der Waals surface area (Å²) in [5.74, 6) is -0.895. The molecule has 8 heteroatoms. The molecule has 2 amide bonds. The van der Waals surface area contributed by atoms with E-state index in [4.69, 9.17) is 0 Å². The molecule has 0 saturated carbocycles. The van der Waals surface area contributed by atoms with Crippen molar-refractivity contribution in [3.63, 3.8) is 0 Å². The van der Waals surface area contributed by atoms with E-state index >= 15 is 0 Å². The Morgan fingerprint density at radius 2 is 1.41 bits per heavy atom. The number of halogens is 3. The molecule has 0 heterocycles. The van der Waals surface area contributed by atoms with Crippen molar-refractivity contribution in [1.29, 1.82) is 0 Å². The predicted octanol–water partition coefficient (Wildman–Crippen LogP) is 5.63. The van der Waals surface area contributed by atoms with Crippen LogP contribution in [0.15, 0.2) is 66.7 Å². The lowest BCUT2D eigenvalue weighted by Crippen LogP contribution is -2.22. The van der Waals surface area contributed by atoms with E-state index in [0.717, 1.165) is 28.9 Å². The molecule has 0 bridgehead atoms. The fourth-order valence-electron chi connectivity index (χ4n) is 3.18. The van der Waals surface area contributed by atoms with Crippen LogP contribution in [-0.2, 0) is 11.0 Å². The van der Waals surface area contributed by atoms with Crippen LogP contribution in [0.4, 0.5) is 30.2 Å². The number of hydrogen-bond acceptors (Lipinski definition) is 3. The van der Waals surface area contributed by atoms with E-state index in [-0.39, 0.29) is 23.7 Å². The van der Waals surface area contributed by atoms with Crippen LogP contribution in [0.1, 0.15) is 27.0 Å². The van der Waals surface area contributed by atoms with Gasteiger partial charge < -0.3 is 16.0 Å².